The zero-order valence-corrected chi connectivity index (χ0v) is 5.27. The first-order valence-corrected chi connectivity index (χ1v) is 3.35. The van der Waals surface area contributed by atoms with Crippen molar-refractivity contribution in [1.29, 1.82) is 0 Å². The van der Waals surface area contributed by atoms with Gasteiger partial charge in [-0.3, -0.25) is 0 Å². The van der Waals surface area contributed by atoms with Gasteiger partial charge in [-0.1, -0.05) is 0 Å². The monoisotopic (exact) mass is 173 g/mol. The van der Waals surface area contributed by atoms with Gasteiger partial charge in [0.2, 0.25) is 0 Å². The number of rotatable bonds is 2. The average Bonchev–Trinajstić information content (AvgIpc) is 2.15. The van der Waals surface area contributed by atoms with Crippen molar-refractivity contribution < 1.29 is 18.4 Å². The van der Waals surface area contributed by atoms with Gasteiger partial charge in [-0.25, -0.2) is 4.57 Å². The van der Waals surface area contributed by atoms with Gasteiger partial charge >= 0.3 is 43.9 Å². The number of hydrogen-bond acceptors (Lipinski definition) is 4. The van der Waals surface area contributed by atoms with Crippen molar-refractivity contribution in [2.45, 2.75) is 0 Å². The minimum atomic E-state index is -2.96. The van der Waals surface area contributed by atoms with Crippen LogP contribution in [0.25, 0.3) is 0 Å². The topological polar surface area (TPSA) is 72.6 Å². The standard InChI is InChI=1S/C3H4NO4P.Na.H/c5-9(6)8-3-4-1-2-7-3;;/h1-2,9H,(H,5,6);;. The van der Waals surface area contributed by atoms with E-state index in [0.717, 1.165) is 0 Å². The fourth-order valence-corrected chi connectivity index (χ4v) is 0.586. The molecule has 1 atom stereocenters. The number of hydrogen-bond donors (Lipinski definition) is 1. The van der Waals surface area contributed by atoms with E-state index in [1.807, 2.05) is 0 Å². The molecular formula is C3H5NNaO4P. The second-order valence-corrected chi connectivity index (χ2v) is 1.90. The van der Waals surface area contributed by atoms with Gasteiger partial charge in [0.1, 0.15) is 6.26 Å². The van der Waals surface area contributed by atoms with E-state index in [-0.39, 0.29) is 35.6 Å². The third kappa shape index (κ3) is 3.39. The summed E-state index contributed by atoms with van der Waals surface area (Å²) in [5, 5.41) is 0. The molecule has 52 valence electrons. The van der Waals surface area contributed by atoms with E-state index in [4.69, 9.17) is 4.89 Å². The molecule has 0 aliphatic carbocycles. The first-order chi connectivity index (χ1) is 4.29. The molecule has 1 aromatic heterocycles. The van der Waals surface area contributed by atoms with Crippen LogP contribution < -0.4 is 4.52 Å². The summed E-state index contributed by atoms with van der Waals surface area (Å²) in [6, 6.07) is 0. The molecule has 7 heteroatoms. The first-order valence-electron chi connectivity index (χ1n) is 2.09. The molecule has 1 heterocycles. The Morgan fingerprint density at radius 3 is 2.90 bits per heavy atom. The van der Waals surface area contributed by atoms with Crippen molar-refractivity contribution in [3.05, 3.63) is 12.5 Å². The predicted molar refractivity (Wildman–Crippen MR) is 35.5 cm³/mol. The first kappa shape index (κ1) is 10.2. The van der Waals surface area contributed by atoms with E-state index >= 15 is 0 Å². The van der Waals surface area contributed by atoms with Crippen molar-refractivity contribution >= 4 is 37.8 Å². The van der Waals surface area contributed by atoms with Crippen LogP contribution in [0, 0.1) is 0 Å². The van der Waals surface area contributed by atoms with E-state index < -0.39 is 8.25 Å². The van der Waals surface area contributed by atoms with Gasteiger partial charge in [-0.2, -0.15) is 4.98 Å². The van der Waals surface area contributed by atoms with Crippen LogP contribution in [0.2, 0.25) is 0 Å². The van der Waals surface area contributed by atoms with Gasteiger partial charge in [0, 0.05) is 0 Å². The van der Waals surface area contributed by atoms with E-state index in [1.54, 1.807) is 0 Å². The van der Waals surface area contributed by atoms with Gasteiger partial charge in [0.15, 0.2) is 0 Å². The van der Waals surface area contributed by atoms with Gasteiger partial charge < -0.3 is 13.8 Å². The molecule has 0 aliphatic rings. The molecule has 1 N–H and O–H groups in total. The fraction of sp³-hybridized carbons (Fsp3) is 0. The Balaban J connectivity index is 0.000000810. The third-order valence-corrected chi connectivity index (χ3v) is 0.934. The van der Waals surface area contributed by atoms with Crippen molar-refractivity contribution in [1.82, 2.24) is 4.98 Å². The Morgan fingerprint density at radius 2 is 2.50 bits per heavy atom. The molecule has 0 fully saturated rings. The van der Waals surface area contributed by atoms with Crippen LogP contribution in [0.5, 0.6) is 6.08 Å². The fourth-order valence-electron chi connectivity index (χ4n) is 0.335. The zero-order chi connectivity index (χ0) is 6.69. The van der Waals surface area contributed by atoms with E-state index in [9.17, 15) is 4.57 Å². The quantitative estimate of drug-likeness (QED) is 0.494. The molecule has 0 saturated heterocycles. The Bertz CT molecular complexity index is 200. The van der Waals surface area contributed by atoms with Crippen molar-refractivity contribution in [2.24, 2.45) is 0 Å². The molecule has 0 aliphatic heterocycles. The second kappa shape index (κ2) is 4.93. The molecule has 1 aromatic rings. The molecule has 0 bridgehead atoms. The van der Waals surface area contributed by atoms with Crippen molar-refractivity contribution in [2.75, 3.05) is 0 Å². The Morgan fingerprint density at radius 1 is 1.80 bits per heavy atom. The van der Waals surface area contributed by atoms with Gasteiger partial charge in [0.25, 0.3) is 0 Å². The van der Waals surface area contributed by atoms with Crippen molar-refractivity contribution in [3.63, 3.8) is 0 Å². The summed E-state index contributed by atoms with van der Waals surface area (Å²) in [6.07, 6.45) is 2.39. The van der Waals surface area contributed by atoms with Crippen LogP contribution in [-0.4, -0.2) is 39.4 Å². The maximum absolute atomic E-state index is 9.93. The van der Waals surface area contributed by atoms with Gasteiger partial charge in [-0.15, -0.1) is 0 Å². The molecule has 1 unspecified atom stereocenters. The Labute approximate surface area is 79.6 Å². The van der Waals surface area contributed by atoms with Crippen LogP contribution >= 0.6 is 8.25 Å². The predicted octanol–water partition coefficient (Wildman–Crippen LogP) is -0.213. The van der Waals surface area contributed by atoms with E-state index in [2.05, 4.69) is 13.9 Å². The molecule has 0 spiro atoms. The molecule has 0 amide bonds. The van der Waals surface area contributed by atoms with E-state index in [1.165, 1.54) is 12.5 Å². The normalized spacial score (nSPS) is 11.7. The molecule has 0 saturated carbocycles. The minimum absolute atomic E-state index is 0. The summed E-state index contributed by atoms with van der Waals surface area (Å²) in [5.41, 5.74) is 0. The number of oxazole rings is 1. The SMILES string of the molecule is O=[PH](O)Oc1ncco1.[NaH]. The van der Waals surface area contributed by atoms with Crippen LogP contribution in [-0.2, 0) is 4.57 Å². The summed E-state index contributed by atoms with van der Waals surface area (Å²) in [6.45, 7) is 0. The molecule has 5 nitrogen and oxygen atoms in total. The molecule has 1 rings (SSSR count). The zero-order valence-electron chi connectivity index (χ0n) is 4.27. The number of aromatic nitrogens is 1. The summed E-state index contributed by atoms with van der Waals surface area (Å²) in [5.74, 6) is 0. The summed E-state index contributed by atoms with van der Waals surface area (Å²) in [7, 11) is -2.96. The summed E-state index contributed by atoms with van der Waals surface area (Å²) >= 11 is 0. The van der Waals surface area contributed by atoms with Crippen LogP contribution in [0.15, 0.2) is 16.9 Å². The Hall–Kier alpha value is 0.200. The molecule has 10 heavy (non-hydrogen) atoms. The van der Waals surface area contributed by atoms with Gasteiger partial charge in [-0.05, 0) is 0 Å². The average molecular weight is 173 g/mol. The second-order valence-electron chi connectivity index (χ2n) is 1.17. The molecular weight excluding hydrogens is 168 g/mol. The van der Waals surface area contributed by atoms with Crippen LogP contribution in [0.3, 0.4) is 0 Å². The maximum atomic E-state index is 9.93. The molecule has 0 radical (unpaired) electrons. The van der Waals surface area contributed by atoms with Gasteiger partial charge in [0.05, 0.1) is 6.20 Å². The summed E-state index contributed by atoms with van der Waals surface area (Å²) in [4.78, 5) is 11.6. The van der Waals surface area contributed by atoms with Crippen LogP contribution in [0.4, 0.5) is 0 Å². The number of nitrogens with zero attached hydrogens (tertiary/aromatic N) is 1. The third-order valence-electron chi connectivity index (χ3n) is 0.584. The summed E-state index contributed by atoms with van der Waals surface area (Å²) < 4.78 is 18.6. The Kier molecular flexibility index (Phi) is 5.03. The molecule has 0 aromatic carbocycles. The van der Waals surface area contributed by atoms with Crippen LogP contribution in [0.1, 0.15) is 0 Å². The van der Waals surface area contributed by atoms with Crippen molar-refractivity contribution in [3.8, 4) is 6.08 Å². The van der Waals surface area contributed by atoms with E-state index in [0.29, 0.717) is 0 Å².